The number of hydrogen-bond donors (Lipinski definition) is 2. The molecule has 0 aliphatic carbocycles. The molecule has 1 atom stereocenters. The third kappa shape index (κ3) is 3.37. The van der Waals surface area contributed by atoms with Crippen LogP contribution in [0.15, 0.2) is 4.90 Å². The zero-order chi connectivity index (χ0) is 13.9. The van der Waals surface area contributed by atoms with Crippen LogP contribution in [-0.4, -0.2) is 37.8 Å². The Morgan fingerprint density at radius 2 is 2.37 bits per heavy atom. The van der Waals surface area contributed by atoms with Crippen LogP contribution in [0.25, 0.3) is 0 Å². The van der Waals surface area contributed by atoms with Crippen molar-refractivity contribution in [1.29, 1.82) is 0 Å². The van der Waals surface area contributed by atoms with Crippen LogP contribution >= 0.6 is 11.5 Å². The molecule has 0 amide bonds. The largest absolute Gasteiger partial charge is 0.382 e. The van der Waals surface area contributed by atoms with E-state index in [1.807, 2.05) is 6.92 Å². The summed E-state index contributed by atoms with van der Waals surface area (Å²) in [4.78, 5) is 0.150. The number of ether oxygens (including phenoxy) is 1. The molecule has 19 heavy (non-hydrogen) atoms. The van der Waals surface area contributed by atoms with E-state index in [4.69, 9.17) is 10.5 Å². The fourth-order valence-corrected chi connectivity index (χ4v) is 4.72. The van der Waals surface area contributed by atoms with Gasteiger partial charge in [-0.05, 0) is 30.8 Å². The van der Waals surface area contributed by atoms with Gasteiger partial charge in [0, 0.05) is 13.2 Å². The molecule has 1 aliphatic heterocycles. The minimum atomic E-state index is -3.35. The molecule has 0 aromatic carbocycles. The van der Waals surface area contributed by atoms with E-state index in [1.165, 1.54) is 0 Å². The molecule has 1 fully saturated rings. The van der Waals surface area contributed by atoms with E-state index in [2.05, 4.69) is 9.69 Å². The number of aromatic nitrogens is 1. The maximum absolute atomic E-state index is 12.1. The predicted molar refractivity (Wildman–Crippen MR) is 76.3 cm³/mol. The van der Waals surface area contributed by atoms with Crippen LogP contribution < -0.4 is 11.1 Å². The Morgan fingerprint density at radius 1 is 1.58 bits per heavy atom. The summed E-state index contributed by atoms with van der Waals surface area (Å²) in [5.74, 6) is 0.179. The third-order valence-corrected chi connectivity index (χ3v) is 5.90. The Balaban J connectivity index is 2.12. The summed E-state index contributed by atoms with van der Waals surface area (Å²) in [7, 11) is -3.35. The van der Waals surface area contributed by atoms with Crippen molar-refractivity contribution in [3.63, 3.8) is 0 Å². The van der Waals surface area contributed by atoms with Gasteiger partial charge in [0.25, 0.3) is 0 Å². The molecule has 1 unspecified atom stereocenters. The van der Waals surface area contributed by atoms with Crippen molar-refractivity contribution in [1.82, 2.24) is 4.37 Å². The number of nitrogens with one attached hydrogen (secondary N) is 1. The van der Waals surface area contributed by atoms with Gasteiger partial charge in [-0.25, -0.2) is 8.42 Å². The molecule has 1 aromatic rings. The third-order valence-electron chi connectivity index (χ3n) is 2.97. The van der Waals surface area contributed by atoms with Crippen LogP contribution in [0.2, 0.25) is 0 Å². The second-order valence-electron chi connectivity index (χ2n) is 4.56. The second kappa shape index (κ2) is 6.06. The van der Waals surface area contributed by atoms with Crippen molar-refractivity contribution < 1.29 is 13.2 Å². The molecule has 2 rings (SSSR count). The van der Waals surface area contributed by atoms with Crippen molar-refractivity contribution >= 4 is 32.2 Å². The number of nitrogen functional groups attached to an aromatic ring is 1. The zero-order valence-electron chi connectivity index (χ0n) is 10.9. The second-order valence-corrected chi connectivity index (χ2v) is 7.38. The van der Waals surface area contributed by atoms with E-state index in [-0.39, 0.29) is 22.6 Å². The summed E-state index contributed by atoms with van der Waals surface area (Å²) in [6, 6.07) is 0. The lowest BCUT2D eigenvalue weighted by molar-refractivity contribution is 0.120. The molecule has 1 saturated heterocycles. The quantitative estimate of drug-likeness (QED) is 0.827. The average Bonchev–Trinajstić information content (AvgIpc) is 2.95. The zero-order valence-corrected chi connectivity index (χ0v) is 12.5. The Bertz CT molecular complexity index is 521. The molecule has 108 valence electrons. The highest BCUT2D eigenvalue weighted by Gasteiger charge is 2.25. The first kappa shape index (κ1) is 14.5. The topological polar surface area (TPSA) is 94.3 Å². The van der Waals surface area contributed by atoms with Gasteiger partial charge in [0.05, 0.1) is 11.9 Å². The first-order valence-electron chi connectivity index (χ1n) is 6.38. The monoisotopic (exact) mass is 305 g/mol. The predicted octanol–water partition coefficient (Wildman–Crippen LogP) is 1.50. The Kier molecular flexibility index (Phi) is 4.64. The Hall–Kier alpha value is -0.860. The number of anilines is 2. The van der Waals surface area contributed by atoms with Gasteiger partial charge in [-0.3, -0.25) is 0 Å². The van der Waals surface area contributed by atoms with Gasteiger partial charge in [0.1, 0.15) is 9.90 Å². The fraction of sp³-hybridized carbons (Fsp3) is 0.727. The molecule has 0 spiro atoms. The van der Waals surface area contributed by atoms with Crippen molar-refractivity contribution in [3.8, 4) is 0 Å². The van der Waals surface area contributed by atoms with Gasteiger partial charge in [-0.1, -0.05) is 6.92 Å². The van der Waals surface area contributed by atoms with Gasteiger partial charge < -0.3 is 15.8 Å². The number of rotatable bonds is 6. The van der Waals surface area contributed by atoms with Crippen molar-refractivity contribution in [2.45, 2.75) is 37.2 Å². The van der Waals surface area contributed by atoms with Gasteiger partial charge in [0.2, 0.25) is 0 Å². The molecule has 6 nitrogen and oxygen atoms in total. The lowest BCUT2D eigenvalue weighted by Crippen LogP contribution is -2.19. The van der Waals surface area contributed by atoms with Crippen molar-refractivity contribution in [3.05, 3.63) is 0 Å². The van der Waals surface area contributed by atoms with Crippen LogP contribution in [0.5, 0.6) is 0 Å². The number of sulfone groups is 1. The molecule has 1 aliphatic rings. The van der Waals surface area contributed by atoms with Crippen LogP contribution in [0.1, 0.15) is 26.2 Å². The van der Waals surface area contributed by atoms with Crippen LogP contribution in [0.3, 0.4) is 0 Å². The Labute approximate surface area is 117 Å². The highest BCUT2D eigenvalue weighted by Crippen LogP contribution is 2.32. The maximum Gasteiger partial charge on any atom is 0.185 e. The normalized spacial score (nSPS) is 19.7. The van der Waals surface area contributed by atoms with E-state index >= 15 is 0 Å². The van der Waals surface area contributed by atoms with Crippen LogP contribution in [0, 0.1) is 0 Å². The highest BCUT2D eigenvalue weighted by atomic mass is 32.2. The van der Waals surface area contributed by atoms with Crippen LogP contribution in [0.4, 0.5) is 10.8 Å². The molecule has 0 saturated carbocycles. The number of hydrogen-bond acceptors (Lipinski definition) is 7. The minimum absolute atomic E-state index is 0.0875. The lowest BCUT2D eigenvalue weighted by atomic mass is 10.2. The summed E-state index contributed by atoms with van der Waals surface area (Å²) in [6.07, 6.45) is 2.75. The molecular weight excluding hydrogens is 286 g/mol. The fourth-order valence-electron chi connectivity index (χ4n) is 2.09. The average molecular weight is 305 g/mol. The summed E-state index contributed by atoms with van der Waals surface area (Å²) in [5, 5.41) is 3.64. The molecule has 0 bridgehead atoms. The Morgan fingerprint density at radius 3 is 3.00 bits per heavy atom. The van der Waals surface area contributed by atoms with Gasteiger partial charge >= 0.3 is 0 Å². The standard InChI is InChI=1S/C11H19N3O3S2/c1-2-6-19(15,16)9-10(12)14-18-11(9)13-7-8-4-3-5-17-8/h8,13H,2-7H2,1H3,(H2,12,14). The van der Waals surface area contributed by atoms with Gasteiger partial charge in [-0.15, -0.1) is 0 Å². The maximum atomic E-state index is 12.1. The first-order chi connectivity index (χ1) is 9.04. The number of nitrogens with two attached hydrogens (primary N) is 1. The van der Waals surface area contributed by atoms with Gasteiger partial charge in [-0.2, -0.15) is 4.37 Å². The highest BCUT2D eigenvalue weighted by molar-refractivity contribution is 7.91. The molecule has 0 radical (unpaired) electrons. The summed E-state index contributed by atoms with van der Waals surface area (Å²) < 4.78 is 33.7. The van der Waals surface area contributed by atoms with E-state index in [1.54, 1.807) is 0 Å². The van der Waals surface area contributed by atoms with E-state index in [9.17, 15) is 8.42 Å². The van der Waals surface area contributed by atoms with Gasteiger partial charge in [0.15, 0.2) is 15.7 Å². The molecule has 3 N–H and O–H groups in total. The first-order valence-corrected chi connectivity index (χ1v) is 8.80. The molecular formula is C11H19N3O3S2. The van der Waals surface area contributed by atoms with Crippen molar-refractivity contribution in [2.24, 2.45) is 0 Å². The molecule has 8 heteroatoms. The van der Waals surface area contributed by atoms with E-state index in [0.29, 0.717) is 18.0 Å². The van der Waals surface area contributed by atoms with E-state index < -0.39 is 9.84 Å². The van der Waals surface area contributed by atoms with Crippen molar-refractivity contribution in [2.75, 3.05) is 30.0 Å². The molecule has 1 aromatic heterocycles. The lowest BCUT2D eigenvalue weighted by Gasteiger charge is -2.11. The minimum Gasteiger partial charge on any atom is -0.382 e. The SMILES string of the molecule is CCCS(=O)(=O)c1c(N)nsc1NCC1CCCO1. The van der Waals surface area contributed by atoms with Crippen LogP contribution in [-0.2, 0) is 14.6 Å². The smallest absolute Gasteiger partial charge is 0.185 e. The number of nitrogens with zero attached hydrogens (tertiary/aromatic N) is 1. The molecule has 2 heterocycles. The summed E-state index contributed by atoms with van der Waals surface area (Å²) in [6.45, 7) is 3.20. The van der Waals surface area contributed by atoms with E-state index in [0.717, 1.165) is 31.0 Å². The summed E-state index contributed by atoms with van der Waals surface area (Å²) in [5.41, 5.74) is 5.69. The summed E-state index contributed by atoms with van der Waals surface area (Å²) >= 11 is 1.09.